The van der Waals surface area contributed by atoms with E-state index < -0.39 is 60.8 Å². The fraction of sp³-hybridized carbons (Fsp3) is 0.583. The minimum atomic E-state index is -4.68. The van der Waals surface area contributed by atoms with Crippen LogP contribution in [-0.2, 0) is 14.4 Å². The van der Waals surface area contributed by atoms with E-state index in [4.69, 9.17) is 0 Å². The monoisotopic (exact) mass is 496 g/mol. The number of nitrogens with one attached hydrogen (secondary N) is 1. The van der Waals surface area contributed by atoms with Crippen LogP contribution in [0.25, 0.3) is 0 Å². The SMILES string of the molecule is CC(C)C[C@H](NC(=O)c1ccc(N(C)C)cc1)C(=O)N1CCC2C1C(=O)CN2C(=O)CC(F)(F)F. The molecule has 2 unspecified atom stereocenters. The Morgan fingerprint density at radius 3 is 2.29 bits per heavy atom. The summed E-state index contributed by atoms with van der Waals surface area (Å²) in [6.07, 6.45) is -5.79. The van der Waals surface area contributed by atoms with E-state index in [-0.39, 0.29) is 18.9 Å². The summed E-state index contributed by atoms with van der Waals surface area (Å²) in [7, 11) is 3.75. The summed E-state index contributed by atoms with van der Waals surface area (Å²) in [4.78, 5) is 55.3. The predicted molar refractivity (Wildman–Crippen MR) is 123 cm³/mol. The minimum Gasteiger partial charge on any atom is -0.378 e. The lowest BCUT2D eigenvalue weighted by Gasteiger charge is -2.29. The van der Waals surface area contributed by atoms with Gasteiger partial charge in [0.2, 0.25) is 11.8 Å². The summed E-state index contributed by atoms with van der Waals surface area (Å²) in [6, 6.07) is 4.17. The molecule has 0 aromatic heterocycles. The van der Waals surface area contributed by atoms with Crippen molar-refractivity contribution in [2.45, 2.75) is 57.4 Å². The molecule has 2 saturated heterocycles. The second kappa shape index (κ2) is 10.2. The van der Waals surface area contributed by atoms with Gasteiger partial charge in [-0.2, -0.15) is 13.2 Å². The maximum atomic E-state index is 13.5. The molecule has 8 nitrogen and oxygen atoms in total. The van der Waals surface area contributed by atoms with Crippen LogP contribution >= 0.6 is 0 Å². The Morgan fingerprint density at radius 2 is 1.74 bits per heavy atom. The zero-order valence-electron chi connectivity index (χ0n) is 20.3. The third-order valence-electron chi connectivity index (χ3n) is 6.33. The molecule has 0 aliphatic carbocycles. The van der Waals surface area contributed by atoms with E-state index >= 15 is 0 Å². The van der Waals surface area contributed by atoms with Crippen molar-refractivity contribution in [1.82, 2.24) is 15.1 Å². The van der Waals surface area contributed by atoms with Gasteiger partial charge in [0.15, 0.2) is 5.78 Å². The summed E-state index contributed by atoms with van der Waals surface area (Å²) >= 11 is 0. The van der Waals surface area contributed by atoms with Crippen LogP contribution in [0.2, 0.25) is 0 Å². The molecule has 1 aromatic rings. The van der Waals surface area contributed by atoms with Crippen LogP contribution < -0.4 is 10.2 Å². The van der Waals surface area contributed by atoms with E-state index in [1.54, 1.807) is 24.3 Å². The number of likely N-dealkylation sites (tertiary alicyclic amines) is 2. The summed E-state index contributed by atoms with van der Waals surface area (Å²) in [5.41, 5.74) is 1.28. The summed E-state index contributed by atoms with van der Waals surface area (Å²) < 4.78 is 38.1. The second-order valence-corrected chi connectivity index (χ2v) is 9.71. The molecule has 0 bridgehead atoms. The number of hydrogen-bond donors (Lipinski definition) is 1. The molecular weight excluding hydrogens is 465 g/mol. The number of anilines is 1. The molecule has 0 radical (unpaired) electrons. The third kappa shape index (κ3) is 6.12. The number of carbonyl (C=O) groups is 4. The first-order chi connectivity index (χ1) is 16.3. The zero-order chi connectivity index (χ0) is 26.1. The van der Waals surface area contributed by atoms with Crippen molar-refractivity contribution in [1.29, 1.82) is 0 Å². The molecule has 2 fully saturated rings. The van der Waals surface area contributed by atoms with Gasteiger partial charge in [-0.3, -0.25) is 19.2 Å². The van der Waals surface area contributed by atoms with Crippen molar-refractivity contribution >= 4 is 29.2 Å². The molecule has 11 heteroatoms. The molecule has 1 N–H and O–H groups in total. The van der Waals surface area contributed by atoms with Gasteiger partial charge >= 0.3 is 6.18 Å². The topological polar surface area (TPSA) is 90.0 Å². The van der Waals surface area contributed by atoms with Crippen LogP contribution in [-0.4, -0.2) is 84.8 Å². The predicted octanol–water partition coefficient (Wildman–Crippen LogP) is 2.23. The zero-order valence-corrected chi connectivity index (χ0v) is 20.3. The van der Waals surface area contributed by atoms with Gasteiger partial charge in [0.25, 0.3) is 5.91 Å². The molecule has 3 amide bonds. The summed E-state index contributed by atoms with van der Waals surface area (Å²) in [5.74, 6) is -2.50. The molecular formula is C24H31F3N4O4. The highest BCUT2D eigenvalue weighted by Gasteiger charge is 2.53. The number of alkyl halides is 3. The molecule has 35 heavy (non-hydrogen) atoms. The van der Waals surface area contributed by atoms with Crippen LogP contribution in [0.1, 0.15) is 43.5 Å². The van der Waals surface area contributed by atoms with Gasteiger partial charge in [0.1, 0.15) is 18.5 Å². The number of fused-ring (bicyclic) bond motifs is 1. The van der Waals surface area contributed by atoms with E-state index in [1.807, 2.05) is 32.8 Å². The molecule has 0 saturated carbocycles. The molecule has 2 aliphatic rings. The number of nitrogens with zero attached hydrogens (tertiary/aromatic N) is 3. The minimum absolute atomic E-state index is 0.0444. The number of benzene rings is 1. The Bertz CT molecular complexity index is 978. The highest BCUT2D eigenvalue weighted by Crippen LogP contribution is 2.32. The number of carbonyl (C=O) groups excluding carboxylic acids is 4. The quantitative estimate of drug-likeness (QED) is 0.626. The number of Topliss-reactive ketones (excluding diaryl/α,β-unsaturated/α-hetero) is 1. The normalized spacial score (nSPS) is 20.7. The van der Waals surface area contributed by atoms with Crippen LogP contribution in [0, 0.1) is 5.92 Å². The summed E-state index contributed by atoms with van der Waals surface area (Å²) in [5, 5.41) is 2.77. The van der Waals surface area contributed by atoms with E-state index in [9.17, 15) is 32.3 Å². The maximum Gasteiger partial charge on any atom is 0.397 e. The average molecular weight is 497 g/mol. The molecule has 192 valence electrons. The highest BCUT2D eigenvalue weighted by molar-refractivity contribution is 6.01. The van der Waals surface area contributed by atoms with Crippen LogP contribution in [0.5, 0.6) is 0 Å². The molecule has 2 heterocycles. The first kappa shape index (κ1) is 26.5. The Labute approximate surface area is 202 Å². The first-order valence-corrected chi connectivity index (χ1v) is 11.6. The number of amides is 3. The van der Waals surface area contributed by atoms with Crippen LogP contribution in [0.3, 0.4) is 0 Å². The number of ketones is 1. The smallest absolute Gasteiger partial charge is 0.378 e. The van der Waals surface area contributed by atoms with Crippen molar-refractivity contribution in [3.05, 3.63) is 29.8 Å². The highest BCUT2D eigenvalue weighted by atomic mass is 19.4. The lowest BCUT2D eigenvalue weighted by molar-refractivity contribution is -0.162. The van der Waals surface area contributed by atoms with Crippen molar-refractivity contribution in [2.24, 2.45) is 5.92 Å². The van der Waals surface area contributed by atoms with Crippen molar-refractivity contribution < 1.29 is 32.3 Å². The van der Waals surface area contributed by atoms with Gasteiger partial charge in [-0.1, -0.05) is 13.8 Å². The fourth-order valence-corrected chi connectivity index (χ4v) is 4.71. The Balaban J connectivity index is 1.75. The third-order valence-corrected chi connectivity index (χ3v) is 6.33. The van der Waals surface area contributed by atoms with Gasteiger partial charge in [0.05, 0.1) is 12.6 Å². The molecule has 0 spiro atoms. The maximum absolute atomic E-state index is 13.5. The fourth-order valence-electron chi connectivity index (χ4n) is 4.71. The van der Waals surface area contributed by atoms with Gasteiger partial charge in [-0.25, -0.2) is 0 Å². The van der Waals surface area contributed by atoms with Gasteiger partial charge in [0, 0.05) is 31.9 Å². The molecule has 3 rings (SSSR count). The molecule has 1 aromatic carbocycles. The summed E-state index contributed by atoms with van der Waals surface area (Å²) in [6.45, 7) is 3.46. The second-order valence-electron chi connectivity index (χ2n) is 9.71. The number of rotatable bonds is 7. The number of hydrogen-bond acceptors (Lipinski definition) is 5. The van der Waals surface area contributed by atoms with E-state index in [2.05, 4.69) is 5.32 Å². The van der Waals surface area contributed by atoms with Crippen molar-refractivity contribution in [3.8, 4) is 0 Å². The van der Waals surface area contributed by atoms with Gasteiger partial charge in [-0.15, -0.1) is 0 Å². The van der Waals surface area contributed by atoms with Crippen molar-refractivity contribution in [2.75, 3.05) is 32.1 Å². The van der Waals surface area contributed by atoms with Crippen LogP contribution in [0.15, 0.2) is 24.3 Å². The number of halogens is 3. The van der Waals surface area contributed by atoms with Crippen LogP contribution in [0.4, 0.5) is 18.9 Å². The first-order valence-electron chi connectivity index (χ1n) is 11.6. The Kier molecular flexibility index (Phi) is 7.76. The van der Waals surface area contributed by atoms with Gasteiger partial charge in [-0.05, 0) is 43.0 Å². The Morgan fingerprint density at radius 1 is 1.11 bits per heavy atom. The standard InChI is InChI=1S/C24H31F3N4O4/c1-14(2)11-17(28-22(34)15-5-7-16(8-6-15)29(3)4)23(35)30-10-9-18-21(30)19(32)13-31(18)20(33)12-24(25,26)27/h5-8,14,17-18,21H,9-13H2,1-4H3,(H,28,34)/t17-,18?,21?/m0/s1. The van der Waals surface area contributed by atoms with E-state index in [1.165, 1.54) is 4.90 Å². The van der Waals surface area contributed by atoms with E-state index in [0.29, 0.717) is 12.0 Å². The largest absolute Gasteiger partial charge is 0.397 e. The molecule has 3 atom stereocenters. The molecule has 2 aliphatic heterocycles. The van der Waals surface area contributed by atoms with Crippen molar-refractivity contribution in [3.63, 3.8) is 0 Å². The average Bonchev–Trinajstić information content (AvgIpc) is 3.32. The lowest BCUT2D eigenvalue weighted by Crippen LogP contribution is -2.53. The van der Waals surface area contributed by atoms with E-state index in [0.717, 1.165) is 10.6 Å². The van der Waals surface area contributed by atoms with Gasteiger partial charge < -0.3 is 20.0 Å². The lowest BCUT2D eigenvalue weighted by atomic mass is 10.0. The Hall–Kier alpha value is -3.11.